The summed E-state index contributed by atoms with van der Waals surface area (Å²) in [5, 5.41) is 0. The molecular weight excluding hydrogens is 733 g/mol. The standard InChI is InChI=1S/C53H84O6/c1-4-7-10-13-16-19-21-23-25-26-28-29-31-34-37-40-43-46-52(55)58-49-50(48-57-51(54)45-42-39-36-33-18-15-12-9-6-3)59-53(56)47-44-41-38-35-32-30-27-24-22-20-17-14-11-8-5-2/h7-8,10-11,14,16-17,19-20,22-25,27-29,34,37,50H,4-6,9,12-13,15,18,21,26,30-33,35-36,38-49H2,1-3H3/b10-7-,11-8-,17-14-,19-16-,22-20-,25-23-,27-24-,29-28-,37-34-. The van der Waals surface area contributed by atoms with Crippen LogP contribution in [-0.4, -0.2) is 37.2 Å². The zero-order valence-corrected chi connectivity index (χ0v) is 37.7. The lowest BCUT2D eigenvalue weighted by Gasteiger charge is -2.18. The molecule has 6 nitrogen and oxygen atoms in total. The molecule has 6 heteroatoms. The van der Waals surface area contributed by atoms with E-state index in [-0.39, 0.29) is 44.0 Å². The average molecular weight is 817 g/mol. The molecule has 0 aliphatic rings. The summed E-state index contributed by atoms with van der Waals surface area (Å²) in [6.45, 7) is 6.27. The molecule has 0 spiro atoms. The van der Waals surface area contributed by atoms with Gasteiger partial charge in [0.15, 0.2) is 6.10 Å². The Hall–Kier alpha value is -3.93. The third-order valence-corrected chi connectivity index (χ3v) is 9.37. The number of esters is 3. The number of rotatable bonds is 40. The number of hydrogen-bond donors (Lipinski definition) is 0. The highest BCUT2D eigenvalue weighted by Gasteiger charge is 2.19. The van der Waals surface area contributed by atoms with Crippen LogP contribution in [0.4, 0.5) is 0 Å². The van der Waals surface area contributed by atoms with E-state index in [9.17, 15) is 14.4 Å². The zero-order valence-electron chi connectivity index (χ0n) is 37.7. The number of allylic oxidation sites excluding steroid dienone is 18. The second-order valence-corrected chi connectivity index (χ2v) is 15.0. The molecule has 0 aliphatic carbocycles. The molecular formula is C53H84O6. The summed E-state index contributed by atoms with van der Waals surface area (Å²) in [5.41, 5.74) is 0. The van der Waals surface area contributed by atoms with Gasteiger partial charge >= 0.3 is 17.9 Å². The minimum atomic E-state index is -0.811. The van der Waals surface area contributed by atoms with Crippen LogP contribution in [-0.2, 0) is 28.6 Å². The van der Waals surface area contributed by atoms with Crippen LogP contribution in [0, 0.1) is 0 Å². The van der Waals surface area contributed by atoms with Crippen LogP contribution >= 0.6 is 0 Å². The van der Waals surface area contributed by atoms with E-state index in [1.807, 2.05) is 24.3 Å². The fourth-order valence-electron chi connectivity index (χ4n) is 5.90. The van der Waals surface area contributed by atoms with Crippen molar-refractivity contribution in [3.8, 4) is 0 Å². The van der Waals surface area contributed by atoms with Crippen molar-refractivity contribution in [2.75, 3.05) is 13.2 Å². The van der Waals surface area contributed by atoms with Gasteiger partial charge < -0.3 is 14.2 Å². The van der Waals surface area contributed by atoms with E-state index in [1.165, 1.54) is 38.5 Å². The van der Waals surface area contributed by atoms with Crippen molar-refractivity contribution in [2.45, 2.75) is 194 Å². The molecule has 0 aromatic rings. The topological polar surface area (TPSA) is 78.9 Å². The Labute approximate surface area is 361 Å². The van der Waals surface area contributed by atoms with Gasteiger partial charge in [0.2, 0.25) is 0 Å². The summed E-state index contributed by atoms with van der Waals surface area (Å²) in [6.07, 6.45) is 62.2. The predicted octanol–water partition coefficient (Wildman–Crippen LogP) is 15.2. The molecule has 1 unspecified atom stereocenters. The highest BCUT2D eigenvalue weighted by atomic mass is 16.6. The minimum absolute atomic E-state index is 0.107. The summed E-state index contributed by atoms with van der Waals surface area (Å²) in [6, 6.07) is 0. The van der Waals surface area contributed by atoms with Gasteiger partial charge in [-0.15, -0.1) is 0 Å². The van der Waals surface area contributed by atoms with Crippen molar-refractivity contribution in [1.29, 1.82) is 0 Å². The monoisotopic (exact) mass is 817 g/mol. The predicted molar refractivity (Wildman–Crippen MR) is 251 cm³/mol. The smallest absolute Gasteiger partial charge is 0.306 e. The van der Waals surface area contributed by atoms with Crippen molar-refractivity contribution < 1.29 is 28.6 Å². The molecule has 0 saturated heterocycles. The summed E-state index contributed by atoms with van der Waals surface area (Å²) in [4.78, 5) is 37.8. The highest BCUT2D eigenvalue weighted by molar-refractivity contribution is 5.71. The number of carbonyl (C=O) groups is 3. The molecule has 0 aromatic carbocycles. The van der Waals surface area contributed by atoms with Gasteiger partial charge in [-0.1, -0.05) is 201 Å². The molecule has 0 fully saturated rings. The SMILES string of the molecule is CC\C=C/C=C\C=C/C=C\CCCCCCCC(=O)OC(COC(=O)CCC/C=C\C/C=C\C/C=C\C/C=C\C/C=C\CC)COC(=O)CCCCCCCCCCC. The summed E-state index contributed by atoms with van der Waals surface area (Å²) in [7, 11) is 0. The first-order valence-corrected chi connectivity index (χ1v) is 23.4. The Kier molecular flexibility index (Phi) is 43.6. The van der Waals surface area contributed by atoms with Gasteiger partial charge in [0.05, 0.1) is 0 Å². The van der Waals surface area contributed by atoms with Crippen LogP contribution in [0.1, 0.15) is 188 Å². The number of unbranched alkanes of at least 4 members (excludes halogenated alkanes) is 14. The Morgan fingerprint density at radius 3 is 1.29 bits per heavy atom. The molecule has 0 aromatic heterocycles. The van der Waals surface area contributed by atoms with Gasteiger partial charge in [-0.2, -0.15) is 0 Å². The molecule has 0 N–H and O–H groups in total. The number of ether oxygens (including phenoxy) is 3. The largest absolute Gasteiger partial charge is 0.462 e. The van der Waals surface area contributed by atoms with E-state index >= 15 is 0 Å². The van der Waals surface area contributed by atoms with Crippen molar-refractivity contribution in [3.05, 3.63) is 109 Å². The second kappa shape index (κ2) is 46.8. The maximum Gasteiger partial charge on any atom is 0.306 e. The molecule has 0 heterocycles. The van der Waals surface area contributed by atoms with E-state index in [0.29, 0.717) is 12.8 Å². The normalized spacial score (nSPS) is 13.1. The lowest BCUT2D eigenvalue weighted by molar-refractivity contribution is -0.167. The van der Waals surface area contributed by atoms with Gasteiger partial charge in [-0.3, -0.25) is 14.4 Å². The van der Waals surface area contributed by atoms with E-state index in [4.69, 9.17) is 14.2 Å². The van der Waals surface area contributed by atoms with Crippen LogP contribution in [0.5, 0.6) is 0 Å². The summed E-state index contributed by atoms with van der Waals surface area (Å²) in [5.74, 6) is -1.00. The molecule has 0 radical (unpaired) electrons. The molecule has 59 heavy (non-hydrogen) atoms. The van der Waals surface area contributed by atoms with Gasteiger partial charge in [0, 0.05) is 19.3 Å². The minimum Gasteiger partial charge on any atom is -0.462 e. The fourth-order valence-corrected chi connectivity index (χ4v) is 5.90. The number of carbonyl (C=O) groups excluding carboxylic acids is 3. The lowest BCUT2D eigenvalue weighted by Crippen LogP contribution is -2.30. The van der Waals surface area contributed by atoms with E-state index in [1.54, 1.807) is 0 Å². The van der Waals surface area contributed by atoms with Crippen LogP contribution in [0.25, 0.3) is 0 Å². The first kappa shape index (κ1) is 55.1. The van der Waals surface area contributed by atoms with Crippen LogP contribution in [0.15, 0.2) is 109 Å². The Bertz CT molecular complexity index is 1260. The first-order valence-electron chi connectivity index (χ1n) is 23.4. The Morgan fingerprint density at radius 2 is 0.763 bits per heavy atom. The van der Waals surface area contributed by atoms with Gasteiger partial charge in [0.25, 0.3) is 0 Å². The molecule has 0 amide bonds. The van der Waals surface area contributed by atoms with Crippen LogP contribution in [0.2, 0.25) is 0 Å². The van der Waals surface area contributed by atoms with E-state index in [0.717, 1.165) is 103 Å². The fraction of sp³-hybridized carbons (Fsp3) is 0.604. The Balaban J connectivity index is 4.52. The maximum absolute atomic E-state index is 12.7. The van der Waals surface area contributed by atoms with Crippen molar-refractivity contribution in [2.24, 2.45) is 0 Å². The second-order valence-electron chi connectivity index (χ2n) is 15.0. The van der Waals surface area contributed by atoms with E-state index < -0.39 is 6.10 Å². The maximum atomic E-state index is 12.7. The van der Waals surface area contributed by atoms with Crippen molar-refractivity contribution in [3.63, 3.8) is 0 Å². The molecule has 332 valence electrons. The summed E-state index contributed by atoms with van der Waals surface area (Å²) >= 11 is 0. The first-order chi connectivity index (χ1) is 29.0. The van der Waals surface area contributed by atoms with E-state index in [2.05, 4.69) is 106 Å². The molecule has 0 bridgehead atoms. The van der Waals surface area contributed by atoms with Crippen LogP contribution in [0.3, 0.4) is 0 Å². The number of hydrogen-bond acceptors (Lipinski definition) is 6. The third kappa shape index (κ3) is 45.0. The summed E-state index contributed by atoms with van der Waals surface area (Å²) < 4.78 is 16.6. The van der Waals surface area contributed by atoms with Gasteiger partial charge in [-0.25, -0.2) is 0 Å². The molecule has 0 rings (SSSR count). The molecule has 1 atom stereocenters. The Morgan fingerprint density at radius 1 is 0.373 bits per heavy atom. The highest BCUT2D eigenvalue weighted by Crippen LogP contribution is 2.13. The van der Waals surface area contributed by atoms with Gasteiger partial charge in [-0.05, 0) is 77.0 Å². The van der Waals surface area contributed by atoms with Crippen molar-refractivity contribution in [1.82, 2.24) is 0 Å². The quantitative estimate of drug-likeness (QED) is 0.0201. The lowest BCUT2D eigenvalue weighted by atomic mass is 10.1. The van der Waals surface area contributed by atoms with Crippen molar-refractivity contribution >= 4 is 17.9 Å². The zero-order chi connectivity index (χ0) is 43.0. The molecule has 0 saturated carbocycles. The molecule has 0 aliphatic heterocycles. The average Bonchev–Trinajstić information content (AvgIpc) is 3.23. The van der Waals surface area contributed by atoms with Crippen LogP contribution < -0.4 is 0 Å². The van der Waals surface area contributed by atoms with Gasteiger partial charge in [0.1, 0.15) is 13.2 Å². The third-order valence-electron chi connectivity index (χ3n) is 9.37.